The molecule has 0 unspecified atom stereocenters. The van der Waals surface area contributed by atoms with Crippen molar-refractivity contribution >= 4 is 12.3 Å². The standard InChI is InChI=1S/C9H13FO3/c1-13-9(12)8-4-7(10)3-2-6(8)5-11/h5-8H,2-4H2,1H3/t6-,7-,8+/m0/s1. The third kappa shape index (κ3) is 2.26. The molecule has 0 aromatic heterocycles. The van der Waals surface area contributed by atoms with Crippen molar-refractivity contribution < 1.29 is 18.7 Å². The normalized spacial score (nSPS) is 33.8. The molecule has 1 aliphatic carbocycles. The van der Waals surface area contributed by atoms with Gasteiger partial charge in [0.05, 0.1) is 13.0 Å². The van der Waals surface area contributed by atoms with Gasteiger partial charge in [0.2, 0.25) is 0 Å². The summed E-state index contributed by atoms with van der Waals surface area (Å²) in [6.07, 6.45) is 0.700. The van der Waals surface area contributed by atoms with Gasteiger partial charge in [0.15, 0.2) is 0 Å². The minimum absolute atomic E-state index is 0.121. The van der Waals surface area contributed by atoms with E-state index in [1.54, 1.807) is 0 Å². The second-order valence-corrected chi connectivity index (χ2v) is 3.34. The molecule has 0 saturated heterocycles. The number of carbonyl (C=O) groups is 2. The third-order valence-corrected chi connectivity index (χ3v) is 2.52. The van der Waals surface area contributed by atoms with E-state index < -0.39 is 18.1 Å². The summed E-state index contributed by atoms with van der Waals surface area (Å²) in [5.74, 6) is -1.41. The van der Waals surface area contributed by atoms with Crippen molar-refractivity contribution in [3.63, 3.8) is 0 Å². The van der Waals surface area contributed by atoms with E-state index in [-0.39, 0.29) is 12.3 Å². The van der Waals surface area contributed by atoms with Crippen LogP contribution in [0.25, 0.3) is 0 Å². The quantitative estimate of drug-likeness (QED) is 0.481. The highest BCUT2D eigenvalue weighted by atomic mass is 19.1. The van der Waals surface area contributed by atoms with Gasteiger partial charge in [-0.2, -0.15) is 0 Å². The lowest BCUT2D eigenvalue weighted by Gasteiger charge is -2.27. The molecule has 0 aliphatic heterocycles. The summed E-state index contributed by atoms with van der Waals surface area (Å²) in [4.78, 5) is 21.7. The van der Waals surface area contributed by atoms with E-state index in [1.807, 2.05) is 0 Å². The monoisotopic (exact) mass is 188 g/mol. The molecule has 0 aromatic carbocycles. The van der Waals surface area contributed by atoms with Gasteiger partial charge in [0.1, 0.15) is 12.5 Å². The van der Waals surface area contributed by atoms with Crippen LogP contribution in [0.5, 0.6) is 0 Å². The maximum absolute atomic E-state index is 12.9. The van der Waals surface area contributed by atoms with Gasteiger partial charge in [-0.25, -0.2) is 4.39 Å². The van der Waals surface area contributed by atoms with Gasteiger partial charge in [-0.15, -0.1) is 0 Å². The fourth-order valence-corrected chi connectivity index (χ4v) is 1.73. The van der Waals surface area contributed by atoms with Crippen LogP contribution in [0.3, 0.4) is 0 Å². The van der Waals surface area contributed by atoms with Crippen molar-refractivity contribution in [2.24, 2.45) is 11.8 Å². The number of hydrogen-bond donors (Lipinski definition) is 0. The van der Waals surface area contributed by atoms with Gasteiger partial charge in [-0.1, -0.05) is 0 Å². The summed E-state index contributed by atoms with van der Waals surface area (Å²) in [6, 6.07) is 0. The van der Waals surface area contributed by atoms with Gasteiger partial charge in [0, 0.05) is 5.92 Å². The second-order valence-electron chi connectivity index (χ2n) is 3.34. The number of carbonyl (C=O) groups excluding carboxylic acids is 2. The first kappa shape index (κ1) is 10.2. The molecular formula is C9H13FO3. The predicted octanol–water partition coefficient (Wildman–Crippen LogP) is 1.11. The van der Waals surface area contributed by atoms with Gasteiger partial charge in [0.25, 0.3) is 0 Å². The average Bonchev–Trinajstić information content (AvgIpc) is 2.16. The average molecular weight is 188 g/mol. The molecule has 0 aromatic rings. The molecule has 1 aliphatic rings. The van der Waals surface area contributed by atoms with Crippen molar-refractivity contribution in [2.45, 2.75) is 25.4 Å². The molecule has 1 saturated carbocycles. The molecule has 3 nitrogen and oxygen atoms in total. The van der Waals surface area contributed by atoms with Gasteiger partial charge in [-0.05, 0) is 19.3 Å². The largest absolute Gasteiger partial charge is 0.469 e. The first-order valence-electron chi connectivity index (χ1n) is 4.36. The Morgan fingerprint density at radius 2 is 2.23 bits per heavy atom. The Bertz CT molecular complexity index is 205. The summed E-state index contributed by atoms with van der Waals surface area (Å²) in [5.41, 5.74) is 0. The molecule has 0 amide bonds. The fourth-order valence-electron chi connectivity index (χ4n) is 1.73. The number of aldehydes is 1. The molecule has 3 atom stereocenters. The number of alkyl halides is 1. The van der Waals surface area contributed by atoms with E-state index in [0.717, 1.165) is 6.29 Å². The maximum Gasteiger partial charge on any atom is 0.309 e. The van der Waals surface area contributed by atoms with Crippen LogP contribution in [0.1, 0.15) is 19.3 Å². The van der Waals surface area contributed by atoms with E-state index >= 15 is 0 Å². The molecule has 4 heteroatoms. The number of rotatable bonds is 2. The number of esters is 1. The van der Waals surface area contributed by atoms with E-state index in [1.165, 1.54) is 7.11 Å². The Labute approximate surface area is 76.3 Å². The zero-order valence-corrected chi connectivity index (χ0v) is 7.53. The highest BCUT2D eigenvalue weighted by Crippen LogP contribution is 2.31. The van der Waals surface area contributed by atoms with Gasteiger partial charge in [-0.3, -0.25) is 4.79 Å². The van der Waals surface area contributed by atoms with Gasteiger partial charge >= 0.3 is 5.97 Å². The summed E-state index contributed by atoms with van der Waals surface area (Å²) in [5, 5.41) is 0. The zero-order chi connectivity index (χ0) is 9.84. The molecular weight excluding hydrogens is 175 g/mol. The lowest BCUT2D eigenvalue weighted by Crippen LogP contribution is -2.33. The lowest BCUT2D eigenvalue weighted by atomic mass is 9.79. The molecule has 74 valence electrons. The molecule has 0 bridgehead atoms. The smallest absolute Gasteiger partial charge is 0.309 e. The van der Waals surface area contributed by atoms with E-state index in [4.69, 9.17) is 0 Å². The minimum Gasteiger partial charge on any atom is -0.469 e. The number of ether oxygens (including phenoxy) is 1. The first-order chi connectivity index (χ1) is 6.19. The molecule has 0 radical (unpaired) electrons. The Kier molecular flexibility index (Phi) is 3.39. The SMILES string of the molecule is COC(=O)[C@@H]1C[C@@H](F)CC[C@H]1C=O. The van der Waals surface area contributed by atoms with Crippen molar-refractivity contribution in [3.8, 4) is 0 Å². The predicted molar refractivity (Wildman–Crippen MR) is 43.8 cm³/mol. The highest BCUT2D eigenvalue weighted by Gasteiger charge is 2.35. The summed E-state index contributed by atoms with van der Waals surface area (Å²) in [7, 11) is 1.26. The molecule has 13 heavy (non-hydrogen) atoms. The Morgan fingerprint density at radius 3 is 2.77 bits per heavy atom. The maximum atomic E-state index is 12.9. The highest BCUT2D eigenvalue weighted by molar-refractivity contribution is 5.76. The van der Waals surface area contributed by atoms with E-state index in [2.05, 4.69) is 4.74 Å². The van der Waals surface area contributed by atoms with Crippen molar-refractivity contribution in [1.82, 2.24) is 0 Å². The molecule has 0 N–H and O–H groups in total. The van der Waals surface area contributed by atoms with Crippen LogP contribution >= 0.6 is 0 Å². The van der Waals surface area contributed by atoms with Crippen LogP contribution in [0, 0.1) is 11.8 Å². The van der Waals surface area contributed by atoms with E-state index in [9.17, 15) is 14.0 Å². The second kappa shape index (κ2) is 4.35. The molecule has 0 spiro atoms. The van der Waals surface area contributed by atoms with Crippen LogP contribution in [0.4, 0.5) is 4.39 Å². The van der Waals surface area contributed by atoms with Crippen molar-refractivity contribution in [2.75, 3.05) is 7.11 Å². The Hall–Kier alpha value is -0.930. The van der Waals surface area contributed by atoms with Crippen molar-refractivity contribution in [1.29, 1.82) is 0 Å². The molecule has 0 heterocycles. The lowest BCUT2D eigenvalue weighted by molar-refractivity contribution is -0.151. The van der Waals surface area contributed by atoms with Crippen LogP contribution in [0.15, 0.2) is 0 Å². The van der Waals surface area contributed by atoms with E-state index in [0.29, 0.717) is 12.8 Å². The summed E-state index contributed by atoms with van der Waals surface area (Å²) in [6.45, 7) is 0. The summed E-state index contributed by atoms with van der Waals surface area (Å²) >= 11 is 0. The van der Waals surface area contributed by atoms with Crippen LogP contribution in [-0.4, -0.2) is 25.5 Å². The molecule has 1 fully saturated rings. The Balaban J connectivity index is 2.64. The van der Waals surface area contributed by atoms with Crippen LogP contribution in [0.2, 0.25) is 0 Å². The first-order valence-corrected chi connectivity index (χ1v) is 4.36. The Morgan fingerprint density at radius 1 is 1.54 bits per heavy atom. The summed E-state index contributed by atoms with van der Waals surface area (Å²) < 4.78 is 17.4. The third-order valence-electron chi connectivity index (χ3n) is 2.52. The van der Waals surface area contributed by atoms with Crippen LogP contribution in [-0.2, 0) is 14.3 Å². The topological polar surface area (TPSA) is 43.4 Å². The number of hydrogen-bond acceptors (Lipinski definition) is 3. The van der Waals surface area contributed by atoms with Crippen molar-refractivity contribution in [3.05, 3.63) is 0 Å². The number of methoxy groups -OCH3 is 1. The fraction of sp³-hybridized carbons (Fsp3) is 0.778. The zero-order valence-electron chi connectivity index (χ0n) is 7.53. The molecule has 1 rings (SSSR count). The van der Waals surface area contributed by atoms with Crippen LogP contribution < -0.4 is 0 Å². The minimum atomic E-state index is -0.972. The number of halogens is 1. The van der Waals surface area contributed by atoms with Gasteiger partial charge < -0.3 is 9.53 Å².